The van der Waals surface area contributed by atoms with Gasteiger partial charge in [0.15, 0.2) is 5.96 Å². The van der Waals surface area contributed by atoms with E-state index in [0.717, 1.165) is 0 Å². The first-order chi connectivity index (χ1) is 11.7. The van der Waals surface area contributed by atoms with E-state index in [1.165, 1.54) is 0 Å². The predicted molar refractivity (Wildman–Crippen MR) is 95.6 cm³/mol. The van der Waals surface area contributed by atoms with E-state index in [1.54, 1.807) is 34.1 Å². The molecule has 8 heteroatoms. The maximum Gasteiger partial charge on any atom is 0.410 e. The molecule has 1 fully saturated rings. The average molecular weight is 347 g/mol. The molecule has 0 radical (unpaired) electrons. The van der Waals surface area contributed by atoms with Crippen molar-refractivity contribution in [2.45, 2.75) is 26.4 Å². The van der Waals surface area contributed by atoms with Gasteiger partial charge in [0, 0.05) is 31.7 Å². The highest BCUT2D eigenvalue weighted by Gasteiger charge is 2.28. The summed E-state index contributed by atoms with van der Waals surface area (Å²) in [5.41, 5.74) is 11.3. The van der Waals surface area contributed by atoms with E-state index in [1.807, 2.05) is 20.8 Å². The first-order valence-corrected chi connectivity index (χ1v) is 8.12. The van der Waals surface area contributed by atoms with E-state index >= 15 is 0 Å². The van der Waals surface area contributed by atoms with Gasteiger partial charge in [0.2, 0.25) is 0 Å². The van der Waals surface area contributed by atoms with Crippen molar-refractivity contribution in [2.75, 3.05) is 26.2 Å². The van der Waals surface area contributed by atoms with Gasteiger partial charge in [-0.05, 0) is 45.0 Å². The Balaban J connectivity index is 1.93. The molecule has 1 aliphatic rings. The van der Waals surface area contributed by atoms with Gasteiger partial charge in [-0.3, -0.25) is 4.79 Å². The fraction of sp³-hybridized carbons (Fsp3) is 0.471. The summed E-state index contributed by atoms with van der Waals surface area (Å²) in [5.74, 6) is -0.113. The Morgan fingerprint density at radius 2 is 1.52 bits per heavy atom. The molecule has 2 rings (SSSR count). The second kappa shape index (κ2) is 7.42. The lowest BCUT2D eigenvalue weighted by molar-refractivity contribution is 0.0141. The minimum absolute atomic E-state index is 0.0302. The molecular formula is C17H25N5O3. The molecule has 0 unspecified atom stereocenters. The topological polar surface area (TPSA) is 114 Å². The Hall–Kier alpha value is -2.77. The van der Waals surface area contributed by atoms with Crippen LogP contribution in [0.4, 0.5) is 10.5 Å². The number of aliphatic imine (C=N–C) groups is 1. The monoisotopic (exact) mass is 347 g/mol. The number of benzene rings is 1. The van der Waals surface area contributed by atoms with Crippen LogP contribution >= 0.6 is 0 Å². The molecule has 1 heterocycles. The van der Waals surface area contributed by atoms with Crippen molar-refractivity contribution in [3.63, 3.8) is 0 Å². The summed E-state index contributed by atoms with van der Waals surface area (Å²) in [7, 11) is 0. The van der Waals surface area contributed by atoms with E-state index in [4.69, 9.17) is 16.2 Å². The van der Waals surface area contributed by atoms with Gasteiger partial charge in [-0.2, -0.15) is 0 Å². The summed E-state index contributed by atoms with van der Waals surface area (Å²) in [6, 6.07) is 6.74. The Kier molecular flexibility index (Phi) is 5.51. The van der Waals surface area contributed by atoms with Gasteiger partial charge in [0.1, 0.15) is 5.60 Å². The molecule has 0 aliphatic carbocycles. The van der Waals surface area contributed by atoms with Crippen LogP contribution in [0.3, 0.4) is 0 Å². The van der Waals surface area contributed by atoms with E-state index in [-0.39, 0.29) is 18.0 Å². The SMILES string of the molecule is CC(C)(C)OC(=O)N1CCN(C(=O)c2ccc(N=C(N)N)cc2)CC1. The van der Waals surface area contributed by atoms with Crippen LogP contribution in [-0.4, -0.2) is 59.5 Å². The summed E-state index contributed by atoms with van der Waals surface area (Å²) in [4.78, 5) is 31.9. The molecule has 0 saturated carbocycles. The van der Waals surface area contributed by atoms with Gasteiger partial charge in [0.05, 0.1) is 5.69 Å². The van der Waals surface area contributed by atoms with Crippen LogP contribution in [-0.2, 0) is 4.74 Å². The number of guanidine groups is 1. The molecule has 0 atom stereocenters. The summed E-state index contributed by atoms with van der Waals surface area (Å²) < 4.78 is 5.35. The van der Waals surface area contributed by atoms with Crippen molar-refractivity contribution in [2.24, 2.45) is 16.5 Å². The number of amides is 2. The van der Waals surface area contributed by atoms with Gasteiger partial charge in [-0.15, -0.1) is 0 Å². The quantitative estimate of drug-likeness (QED) is 0.618. The van der Waals surface area contributed by atoms with Crippen molar-refractivity contribution in [1.82, 2.24) is 9.80 Å². The average Bonchev–Trinajstić information content (AvgIpc) is 2.53. The Morgan fingerprint density at radius 3 is 2.00 bits per heavy atom. The van der Waals surface area contributed by atoms with Gasteiger partial charge < -0.3 is 26.0 Å². The Morgan fingerprint density at radius 1 is 1.00 bits per heavy atom. The minimum Gasteiger partial charge on any atom is -0.444 e. The van der Waals surface area contributed by atoms with E-state index in [0.29, 0.717) is 37.4 Å². The third-order valence-corrected chi connectivity index (χ3v) is 3.59. The number of piperazine rings is 1. The zero-order valence-corrected chi connectivity index (χ0v) is 14.9. The third kappa shape index (κ3) is 5.37. The summed E-state index contributed by atoms with van der Waals surface area (Å²) in [6.07, 6.45) is -0.346. The molecule has 1 saturated heterocycles. The molecule has 0 aromatic heterocycles. The molecule has 2 amide bonds. The van der Waals surface area contributed by atoms with E-state index < -0.39 is 5.60 Å². The molecule has 1 aliphatic heterocycles. The molecule has 8 nitrogen and oxygen atoms in total. The van der Waals surface area contributed by atoms with Crippen LogP contribution in [0.1, 0.15) is 31.1 Å². The fourth-order valence-electron chi connectivity index (χ4n) is 2.43. The van der Waals surface area contributed by atoms with Crippen LogP contribution in [0.25, 0.3) is 0 Å². The summed E-state index contributed by atoms with van der Waals surface area (Å²) >= 11 is 0. The molecule has 1 aromatic carbocycles. The molecule has 0 bridgehead atoms. The Bertz CT molecular complexity index is 652. The highest BCUT2D eigenvalue weighted by atomic mass is 16.6. The highest BCUT2D eigenvalue weighted by molar-refractivity contribution is 5.94. The lowest BCUT2D eigenvalue weighted by Gasteiger charge is -2.35. The molecular weight excluding hydrogens is 322 g/mol. The van der Waals surface area contributed by atoms with Gasteiger partial charge in [-0.25, -0.2) is 9.79 Å². The van der Waals surface area contributed by atoms with Gasteiger partial charge in [-0.1, -0.05) is 0 Å². The maximum absolute atomic E-state index is 12.5. The number of ether oxygens (including phenoxy) is 1. The second-order valence-corrected chi connectivity index (χ2v) is 6.84. The zero-order valence-electron chi connectivity index (χ0n) is 14.9. The predicted octanol–water partition coefficient (Wildman–Crippen LogP) is 1.28. The zero-order chi connectivity index (χ0) is 18.6. The smallest absolute Gasteiger partial charge is 0.410 e. The molecule has 4 N–H and O–H groups in total. The van der Waals surface area contributed by atoms with Gasteiger partial charge in [0.25, 0.3) is 5.91 Å². The molecule has 136 valence electrons. The number of nitrogens with two attached hydrogens (primary N) is 2. The third-order valence-electron chi connectivity index (χ3n) is 3.59. The van der Waals surface area contributed by atoms with E-state index in [2.05, 4.69) is 4.99 Å². The van der Waals surface area contributed by atoms with Crippen LogP contribution in [0, 0.1) is 0 Å². The van der Waals surface area contributed by atoms with Crippen LogP contribution in [0.2, 0.25) is 0 Å². The van der Waals surface area contributed by atoms with Crippen LogP contribution in [0.15, 0.2) is 29.3 Å². The van der Waals surface area contributed by atoms with Crippen LogP contribution < -0.4 is 11.5 Å². The number of rotatable bonds is 2. The first kappa shape index (κ1) is 18.6. The standard InChI is InChI=1S/C17H25N5O3/c1-17(2,3)25-16(24)22-10-8-21(9-11-22)14(23)12-4-6-13(7-5-12)20-15(18)19/h4-7H,8-11H2,1-3H3,(H4,18,19,20). The molecule has 1 aromatic rings. The largest absolute Gasteiger partial charge is 0.444 e. The number of carbonyl (C=O) groups excluding carboxylic acids is 2. The summed E-state index contributed by atoms with van der Waals surface area (Å²) in [6.45, 7) is 7.32. The number of carbonyl (C=O) groups is 2. The van der Waals surface area contributed by atoms with Crippen molar-refractivity contribution >= 4 is 23.6 Å². The van der Waals surface area contributed by atoms with Crippen molar-refractivity contribution in [3.05, 3.63) is 29.8 Å². The lowest BCUT2D eigenvalue weighted by atomic mass is 10.1. The van der Waals surface area contributed by atoms with Crippen molar-refractivity contribution in [1.29, 1.82) is 0 Å². The van der Waals surface area contributed by atoms with Crippen LogP contribution in [0.5, 0.6) is 0 Å². The normalized spacial score (nSPS) is 14.8. The van der Waals surface area contributed by atoms with Crippen molar-refractivity contribution < 1.29 is 14.3 Å². The molecule has 25 heavy (non-hydrogen) atoms. The van der Waals surface area contributed by atoms with Gasteiger partial charge >= 0.3 is 6.09 Å². The number of nitrogens with zero attached hydrogens (tertiary/aromatic N) is 3. The number of hydrogen-bond donors (Lipinski definition) is 2. The highest BCUT2D eigenvalue weighted by Crippen LogP contribution is 2.16. The lowest BCUT2D eigenvalue weighted by Crippen LogP contribution is -2.51. The molecule has 0 spiro atoms. The first-order valence-electron chi connectivity index (χ1n) is 8.12. The minimum atomic E-state index is -0.527. The summed E-state index contributed by atoms with van der Waals surface area (Å²) in [5, 5.41) is 0. The number of hydrogen-bond acceptors (Lipinski definition) is 4. The van der Waals surface area contributed by atoms with Crippen molar-refractivity contribution in [3.8, 4) is 0 Å². The van der Waals surface area contributed by atoms with E-state index in [9.17, 15) is 9.59 Å². The Labute approximate surface area is 147 Å². The maximum atomic E-state index is 12.5. The second-order valence-electron chi connectivity index (χ2n) is 6.84. The fourth-order valence-corrected chi connectivity index (χ4v) is 2.43.